The SMILES string of the molecule is CC(C)OC(=O)N(C)C1CCCNCC1. The summed E-state index contributed by atoms with van der Waals surface area (Å²) in [6, 6.07) is 0.325. The Kier molecular flexibility index (Phi) is 4.88. The summed E-state index contributed by atoms with van der Waals surface area (Å²) in [5.41, 5.74) is 0. The zero-order valence-electron chi connectivity index (χ0n) is 9.95. The maximum absolute atomic E-state index is 11.6. The van der Waals surface area contributed by atoms with Gasteiger partial charge in [-0.2, -0.15) is 0 Å². The summed E-state index contributed by atoms with van der Waals surface area (Å²) >= 11 is 0. The van der Waals surface area contributed by atoms with Crippen molar-refractivity contribution >= 4 is 6.09 Å². The van der Waals surface area contributed by atoms with Gasteiger partial charge in [0, 0.05) is 13.1 Å². The van der Waals surface area contributed by atoms with Crippen molar-refractivity contribution in [3.05, 3.63) is 0 Å². The Morgan fingerprint density at radius 3 is 2.80 bits per heavy atom. The van der Waals surface area contributed by atoms with Crippen LogP contribution in [0.4, 0.5) is 4.79 Å². The summed E-state index contributed by atoms with van der Waals surface area (Å²) in [4.78, 5) is 13.4. The summed E-state index contributed by atoms with van der Waals surface area (Å²) in [5, 5.41) is 3.33. The van der Waals surface area contributed by atoms with E-state index in [1.54, 1.807) is 4.90 Å². The van der Waals surface area contributed by atoms with Crippen LogP contribution in [0.15, 0.2) is 0 Å². The number of carbonyl (C=O) groups is 1. The zero-order valence-corrected chi connectivity index (χ0v) is 9.95. The highest BCUT2D eigenvalue weighted by Crippen LogP contribution is 2.13. The minimum Gasteiger partial charge on any atom is -0.447 e. The number of nitrogens with zero attached hydrogens (tertiary/aromatic N) is 1. The van der Waals surface area contributed by atoms with Gasteiger partial charge in [0.15, 0.2) is 0 Å². The number of carbonyl (C=O) groups excluding carboxylic acids is 1. The van der Waals surface area contributed by atoms with Crippen molar-refractivity contribution in [3.8, 4) is 0 Å². The third-order valence-corrected chi connectivity index (χ3v) is 2.72. The molecule has 0 radical (unpaired) electrons. The molecule has 88 valence electrons. The van der Waals surface area contributed by atoms with Gasteiger partial charge in [-0.15, -0.1) is 0 Å². The van der Waals surface area contributed by atoms with Gasteiger partial charge in [0.05, 0.1) is 6.10 Å². The molecule has 1 unspecified atom stereocenters. The number of hydrogen-bond donors (Lipinski definition) is 1. The standard InChI is InChI=1S/C11H22N2O2/c1-9(2)15-11(14)13(3)10-5-4-7-12-8-6-10/h9-10,12H,4-8H2,1-3H3. The zero-order chi connectivity index (χ0) is 11.3. The highest BCUT2D eigenvalue weighted by atomic mass is 16.6. The molecular weight excluding hydrogens is 192 g/mol. The minimum absolute atomic E-state index is 0.0381. The van der Waals surface area contributed by atoms with Crippen LogP contribution < -0.4 is 5.32 Å². The molecule has 0 aromatic carbocycles. The van der Waals surface area contributed by atoms with Gasteiger partial charge >= 0.3 is 6.09 Å². The summed E-state index contributed by atoms with van der Waals surface area (Å²) in [6.45, 7) is 5.80. The van der Waals surface area contributed by atoms with Crippen molar-refractivity contribution in [2.75, 3.05) is 20.1 Å². The molecule has 1 atom stereocenters. The molecule has 0 spiro atoms. The number of rotatable bonds is 2. The van der Waals surface area contributed by atoms with Crippen molar-refractivity contribution < 1.29 is 9.53 Å². The van der Waals surface area contributed by atoms with Crippen molar-refractivity contribution in [2.24, 2.45) is 0 Å². The predicted octanol–water partition coefficient (Wildman–Crippen LogP) is 1.61. The van der Waals surface area contributed by atoms with E-state index in [1.165, 1.54) is 0 Å². The van der Waals surface area contributed by atoms with E-state index in [4.69, 9.17) is 4.74 Å². The van der Waals surface area contributed by atoms with Gasteiger partial charge in [-0.3, -0.25) is 0 Å². The van der Waals surface area contributed by atoms with Gasteiger partial charge in [-0.25, -0.2) is 4.79 Å². The molecule has 1 aliphatic rings. The second-order valence-electron chi connectivity index (χ2n) is 4.38. The lowest BCUT2D eigenvalue weighted by molar-refractivity contribution is 0.0705. The molecule has 0 bridgehead atoms. The molecule has 1 saturated heterocycles. The van der Waals surface area contributed by atoms with Crippen LogP contribution in [0.5, 0.6) is 0 Å². The summed E-state index contributed by atoms with van der Waals surface area (Å²) in [6.07, 6.45) is 2.98. The van der Waals surface area contributed by atoms with Gasteiger partial charge in [0.1, 0.15) is 0 Å². The van der Waals surface area contributed by atoms with Gasteiger partial charge in [0.25, 0.3) is 0 Å². The average molecular weight is 214 g/mol. The van der Waals surface area contributed by atoms with Crippen molar-refractivity contribution in [1.29, 1.82) is 0 Å². The van der Waals surface area contributed by atoms with Crippen LogP contribution in [0.25, 0.3) is 0 Å². The van der Waals surface area contributed by atoms with Crippen LogP contribution in [0.2, 0.25) is 0 Å². The Balaban J connectivity index is 2.42. The van der Waals surface area contributed by atoms with Crippen LogP contribution in [0.1, 0.15) is 33.1 Å². The number of hydrogen-bond acceptors (Lipinski definition) is 3. The quantitative estimate of drug-likeness (QED) is 0.759. The van der Waals surface area contributed by atoms with Crippen molar-refractivity contribution in [3.63, 3.8) is 0 Å². The van der Waals surface area contributed by atoms with E-state index in [0.29, 0.717) is 6.04 Å². The molecule has 1 fully saturated rings. The van der Waals surface area contributed by atoms with Gasteiger partial charge in [0.2, 0.25) is 0 Å². The molecule has 1 heterocycles. The fourth-order valence-corrected chi connectivity index (χ4v) is 1.82. The summed E-state index contributed by atoms with van der Waals surface area (Å²) in [5.74, 6) is 0. The molecule has 0 aliphatic carbocycles. The van der Waals surface area contributed by atoms with E-state index in [0.717, 1.165) is 32.4 Å². The second-order valence-corrected chi connectivity index (χ2v) is 4.38. The highest BCUT2D eigenvalue weighted by molar-refractivity contribution is 5.67. The molecule has 0 aromatic heterocycles. The Morgan fingerprint density at radius 1 is 1.40 bits per heavy atom. The smallest absolute Gasteiger partial charge is 0.410 e. The normalized spacial score (nSPS) is 22.3. The van der Waals surface area contributed by atoms with E-state index in [-0.39, 0.29) is 12.2 Å². The second kappa shape index (κ2) is 5.95. The fraction of sp³-hybridized carbons (Fsp3) is 0.909. The van der Waals surface area contributed by atoms with E-state index in [9.17, 15) is 4.79 Å². The summed E-state index contributed by atoms with van der Waals surface area (Å²) in [7, 11) is 1.83. The topological polar surface area (TPSA) is 41.6 Å². The Morgan fingerprint density at radius 2 is 2.13 bits per heavy atom. The number of nitrogens with one attached hydrogen (secondary N) is 1. The third-order valence-electron chi connectivity index (χ3n) is 2.72. The van der Waals surface area contributed by atoms with Crippen molar-refractivity contribution in [2.45, 2.75) is 45.3 Å². The van der Waals surface area contributed by atoms with E-state index < -0.39 is 0 Å². The lowest BCUT2D eigenvalue weighted by Gasteiger charge is -2.27. The Hall–Kier alpha value is -0.770. The Labute approximate surface area is 92.0 Å². The largest absolute Gasteiger partial charge is 0.447 e. The lowest BCUT2D eigenvalue weighted by atomic mass is 10.1. The molecule has 1 aliphatic heterocycles. The first-order chi connectivity index (χ1) is 7.11. The van der Waals surface area contributed by atoms with Gasteiger partial charge < -0.3 is 15.0 Å². The van der Waals surface area contributed by atoms with Crippen LogP contribution in [0.3, 0.4) is 0 Å². The highest BCUT2D eigenvalue weighted by Gasteiger charge is 2.22. The molecule has 4 heteroatoms. The number of amides is 1. The van der Waals surface area contributed by atoms with Crippen LogP contribution in [0, 0.1) is 0 Å². The predicted molar refractivity (Wildman–Crippen MR) is 59.9 cm³/mol. The lowest BCUT2D eigenvalue weighted by Crippen LogP contribution is -2.38. The van der Waals surface area contributed by atoms with E-state index >= 15 is 0 Å². The first-order valence-corrected chi connectivity index (χ1v) is 5.75. The van der Waals surface area contributed by atoms with Crippen LogP contribution >= 0.6 is 0 Å². The van der Waals surface area contributed by atoms with Crippen LogP contribution in [-0.4, -0.2) is 43.3 Å². The molecule has 15 heavy (non-hydrogen) atoms. The molecule has 1 rings (SSSR count). The van der Waals surface area contributed by atoms with E-state index in [1.807, 2.05) is 20.9 Å². The number of ether oxygens (including phenoxy) is 1. The van der Waals surface area contributed by atoms with Crippen molar-refractivity contribution in [1.82, 2.24) is 10.2 Å². The van der Waals surface area contributed by atoms with Gasteiger partial charge in [-0.1, -0.05) is 0 Å². The van der Waals surface area contributed by atoms with E-state index in [2.05, 4.69) is 5.32 Å². The maximum Gasteiger partial charge on any atom is 0.410 e. The summed E-state index contributed by atoms with van der Waals surface area (Å²) < 4.78 is 5.17. The van der Waals surface area contributed by atoms with Gasteiger partial charge in [-0.05, 0) is 46.2 Å². The fourth-order valence-electron chi connectivity index (χ4n) is 1.82. The third kappa shape index (κ3) is 4.08. The maximum atomic E-state index is 11.6. The molecule has 0 saturated carbocycles. The monoisotopic (exact) mass is 214 g/mol. The minimum atomic E-state index is -0.197. The molecule has 1 N–H and O–H groups in total. The first-order valence-electron chi connectivity index (χ1n) is 5.75. The van der Waals surface area contributed by atoms with Crippen LogP contribution in [-0.2, 0) is 4.74 Å². The molecule has 1 amide bonds. The average Bonchev–Trinajstić information content (AvgIpc) is 2.43. The Bertz CT molecular complexity index is 199. The molecular formula is C11H22N2O2. The molecule has 0 aromatic rings. The first kappa shape index (κ1) is 12.3. The molecule has 4 nitrogen and oxygen atoms in total.